The third-order valence-electron chi connectivity index (χ3n) is 2.88. The van der Waals surface area contributed by atoms with Crippen molar-refractivity contribution < 1.29 is 4.74 Å². The molecule has 0 amide bonds. The summed E-state index contributed by atoms with van der Waals surface area (Å²) in [5.74, 6) is 0.713. The lowest BCUT2D eigenvalue weighted by Crippen LogP contribution is -2.12. The molecule has 1 aromatic heterocycles. The van der Waals surface area contributed by atoms with E-state index in [1.54, 1.807) is 7.11 Å². The summed E-state index contributed by atoms with van der Waals surface area (Å²) in [5, 5.41) is 0.994. The van der Waals surface area contributed by atoms with E-state index in [2.05, 4.69) is 31.8 Å². The van der Waals surface area contributed by atoms with Crippen LogP contribution in [0.5, 0.6) is 5.75 Å². The van der Waals surface area contributed by atoms with Crippen molar-refractivity contribution in [3.05, 3.63) is 40.2 Å². The second kappa shape index (κ2) is 3.91. The molecule has 3 heteroatoms. The summed E-state index contributed by atoms with van der Waals surface area (Å²) >= 11 is 0. The van der Waals surface area contributed by atoms with Gasteiger partial charge in [0.2, 0.25) is 5.56 Å². The fourth-order valence-electron chi connectivity index (χ4n) is 1.83. The van der Waals surface area contributed by atoms with Crippen LogP contribution >= 0.6 is 0 Å². The molecule has 0 spiro atoms. The van der Waals surface area contributed by atoms with Gasteiger partial charge in [0.05, 0.1) is 12.6 Å². The van der Waals surface area contributed by atoms with Gasteiger partial charge < -0.3 is 9.72 Å². The van der Waals surface area contributed by atoms with Gasteiger partial charge in [0.25, 0.3) is 0 Å². The van der Waals surface area contributed by atoms with E-state index in [0.29, 0.717) is 5.75 Å². The fourth-order valence-corrected chi connectivity index (χ4v) is 1.83. The summed E-state index contributed by atoms with van der Waals surface area (Å²) < 4.78 is 5.35. The minimum Gasteiger partial charge on any atom is -0.495 e. The third-order valence-corrected chi connectivity index (χ3v) is 2.88. The number of aromatic nitrogens is 1. The van der Waals surface area contributed by atoms with Crippen molar-refractivity contribution in [1.29, 1.82) is 0 Å². The molecule has 90 valence electrons. The lowest BCUT2D eigenvalue weighted by molar-refractivity contribution is 0.417. The molecule has 0 aliphatic carbocycles. The van der Waals surface area contributed by atoms with E-state index in [-0.39, 0.29) is 11.0 Å². The zero-order chi connectivity index (χ0) is 12.6. The maximum absolute atomic E-state index is 11.3. The maximum Gasteiger partial charge on any atom is 0.248 e. The van der Waals surface area contributed by atoms with Crippen molar-refractivity contribution >= 4 is 10.9 Å². The molecule has 0 unspecified atom stereocenters. The average molecular weight is 231 g/mol. The molecule has 0 atom stereocenters. The Kier molecular flexibility index (Phi) is 2.69. The minimum absolute atomic E-state index is 0.0532. The molecule has 0 aliphatic rings. The Balaban J connectivity index is 2.79. The van der Waals surface area contributed by atoms with Gasteiger partial charge in [-0.2, -0.15) is 0 Å². The van der Waals surface area contributed by atoms with Gasteiger partial charge >= 0.3 is 0 Å². The normalized spacial score (nSPS) is 11.8. The number of ether oxygens (including phenoxy) is 1. The van der Waals surface area contributed by atoms with Crippen molar-refractivity contribution in [2.24, 2.45) is 0 Å². The largest absolute Gasteiger partial charge is 0.495 e. The van der Waals surface area contributed by atoms with Crippen molar-refractivity contribution in [2.75, 3.05) is 7.11 Å². The number of aromatic amines is 1. The summed E-state index contributed by atoms with van der Waals surface area (Å²) in [7, 11) is 1.62. The van der Waals surface area contributed by atoms with E-state index in [1.165, 1.54) is 11.6 Å². The zero-order valence-electron chi connectivity index (χ0n) is 10.6. The van der Waals surface area contributed by atoms with Gasteiger partial charge in [-0.05, 0) is 29.2 Å². The monoisotopic (exact) mass is 231 g/mol. The Morgan fingerprint density at radius 3 is 2.47 bits per heavy atom. The van der Waals surface area contributed by atoms with Gasteiger partial charge in [-0.1, -0.05) is 20.8 Å². The van der Waals surface area contributed by atoms with E-state index in [9.17, 15) is 4.79 Å². The van der Waals surface area contributed by atoms with Crippen molar-refractivity contribution in [3.63, 3.8) is 0 Å². The first-order valence-electron chi connectivity index (χ1n) is 5.63. The molecule has 0 saturated heterocycles. The van der Waals surface area contributed by atoms with Crippen molar-refractivity contribution in [2.45, 2.75) is 26.2 Å². The average Bonchev–Trinajstić information content (AvgIpc) is 2.26. The summed E-state index contributed by atoms with van der Waals surface area (Å²) in [6, 6.07) is 7.44. The maximum atomic E-state index is 11.3. The van der Waals surface area contributed by atoms with Crippen LogP contribution in [0, 0.1) is 0 Å². The van der Waals surface area contributed by atoms with Gasteiger partial charge in [-0.25, -0.2) is 0 Å². The highest BCUT2D eigenvalue weighted by atomic mass is 16.5. The van der Waals surface area contributed by atoms with Crippen molar-refractivity contribution in [1.82, 2.24) is 4.98 Å². The standard InChI is InChI=1S/C14H17NO2/c1-14(2,3)10-7-9-5-6-12(16)15-13(9)11(8-10)17-4/h5-8H,1-4H3,(H,15,16). The molecule has 2 rings (SSSR count). The fraction of sp³-hybridized carbons (Fsp3) is 0.357. The first-order chi connectivity index (χ1) is 7.91. The lowest BCUT2D eigenvalue weighted by Gasteiger charge is -2.20. The van der Waals surface area contributed by atoms with Gasteiger partial charge in [-0.3, -0.25) is 4.79 Å². The molecule has 1 aromatic carbocycles. The van der Waals surface area contributed by atoms with Crippen LogP contribution < -0.4 is 10.3 Å². The van der Waals surface area contributed by atoms with Crippen LogP contribution in [0.25, 0.3) is 10.9 Å². The molecule has 1 N–H and O–H groups in total. The molecule has 1 heterocycles. The van der Waals surface area contributed by atoms with E-state index in [0.717, 1.165) is 10.9 Å². The van der Waals surface area contributed by atoms with E-state index in [4.69, 9.17) is 4.74 Å². The Hall–Kier alpha value is -1.77. The van der Waals surface area contributed by atoms with Crippen LogP contribution in [-0.2, 0) is 5.41 Å². The third kappa shape index (κ3) is 2.18. The van der Waals surface area contributed by atoms with Crippen LogP contribution in [0.15, 0.2) is 29.1 Å². The molecule has 0 radical (unpaired) electrons. The van der Waals surface area contributed by atoms with Crippen molar-refractivity contribution in [3.8, 4) is 5.75 Å². The van der Waals surface area contributed by atoms with Crippen LogP contribution in [-0.4, -0.2) is 12.1 Å². The molecule has 0 saturated carbocycles. The molecule has 17 heavy (non-hydrogen) atoms. The Morgan fingerprint density at radius 2 is 1.88 bits per heavy atom. The summed E-state index contributed by atoms with van der Waals surface area (Å²) in [5.41, 5.74) is 1.89. The molecule has 0 aliphatic heterocycles. The van der Waals surface area contributed by atoms with Crippen LogP contribution in [0.1, 0.15) is 26.3 Å². The predicted octanol–water partition coefficient (Wildman–Crippen LogP) is 2.83. The van der Waals surface area contributed by atoms with E-state index >= 15 is 0 Å². The predicted molar refractivity (Wildman–Crippen MR) is 69.8 cm³/mol. The summed E-state index contributed by atoms with van der Waals surface area (Å²) in [6.45, 7) is 6.46. The molecule has 2 aromatic rings. The second-order valence-corrected chi connectivity index (χ2v) is 5.22. The topological polar surface area (TPSA) is 42.1 Å². The highest BCUT2D eigenvalue weighted by Crippen LogP contribution is 2.31. The number of methoxy groups -OCH3 is 1. The number of hydrogen-bond acceptors (Lipinski definition) is 2. The van der Waals surface area contributed by atoms with Gasteiger partial charge in [0.1, 0.15) is 5.75 Å². The Bertz CT molecular complexity index is 606. The first-order valence-corrected chi connectivity index (χ1v) is 5.63. The molecule has 3 nitrogen and oxygen atoms in total. The number of rotatable bonds is 1. The van der Waals surface area contributed by atoms with E-state index < -0.39 is 0 Å². The molecule has 0 fully saturated rings. The van der Waals surface area contributed by atoms with Gasteiger partial charge in [-0.15, -0.1) is 0 Å². The minimum atomic E-state index is -0.112. The first kappa shape index (κ1) is 11.7. The molecule has 0 bridgehead atoms. The molecular formula is C14H17NO2. The summed E-state index contributed by atoms with van der Waals surface area (Å²) in [6.07, 6.45) is 0. The van der Waals surface area contributed by atoms with Gasteiger partial charge in [0, 0.05) is 11.5 Å². The molecular weight excluding hydrogens is 214 g/mol. The van der Waals surface area contributed by atoms with Crippen LogP contribution in [0.2, 0.25) is 0 Å². The Morgan fingerprint density at radius 1 is 1.18 bits per heavy atom. The lowest BCUT2D eigenvalue weighted by atomic mass is 9.86. The smallest absolute Gasteiger partial charge is 0.248 e. The zero-order valence-corrected chi connectivity index (χ0v) is 10.6. The number of benzene rings is 1. The number of fused-ring (bicyclic) bond motifs is 1. The summed E-state index contributed by atoms with van der Waals surface area (Å²) in [4.78, 5) is 14.1. The number of pyridine rings is 1. The number of H-pyrrole nitrogens is 1. The highest BCUT2D eigenvalue weighted by molar-refractivity contribution is 5.85. The van der Waals surface area contributed by atoms with Gasteiger partial charge in [0.15, 0.2) is 0 Å². The van der Waals surface area contributed by atoms with E-state index in [1.807, 2.05) is 12.1 Å². The Labute approximate surface area is 100 Å². The quantitative estimate of drug-likeness (QED) is 0.820. The second-order valence-electron chi connectivity index (χ2n) is 5.22. The SMILES string of the molecule is COc1cc(C(C)(C)C)cc2ccc(=O)[nH]c12. The number of hydrogen-bond donors (Lipinski definition) is 1. The van der Waals surface area contributed by atoms with Crippen LogP contribution in [0.4, 0.5) is 0 Å². The highest BCUT2D eigenvalue weighted by Gasteiger charge is 2.16. The van der Waals surface area contributed by atoms with Crippen LogP contribution in [0.3, 0.4) is 0 Å². The number of nitrogens with one attached hydrogen (secondary N) is 1.